The van der Waals surface area contributed by atoms with Crippen molar-refractivity contribution >= 4 is 10.0 Å². The lowest BCUT2D eigenvalue weighted by atomic mass is 10.1. The van der Waals surface area contributed by atoms with Gasteiger partial charge in [-0.05, 0) is 31.9 Å². The van der Waals surface area contributed by atoms with Crippen LogP contribution in [0.5, 0.6) is 0 Å². The van der Waals surface area contributed by atoms with E-state index in [1.54, 1.807) is 24.3 Å². The van der Waals surface area contributed by atoms with Gasteiger partial charge in [0.1, 0.15) is 0 Å². The van der Waals surface area contributed by atoms with Crippen LogP contribution in [0.25, 0.3) is 0 Å². The Morgan fingerprint density at radius 3 is 2.56 bits per heavy atom. The SMILES string of the molecule is Cc1ccc(S(=O)(=O)N[C@@H]2CCC[C@@H]2C#N)cc1. The lowest BCUT2D eigenvalue weighted by Crippen LogP contribution is -2.36. The van der Waals surface area contributed by atoms with Gasteiger partial charge in [0.05, 0.1) is 16.9 Å². The van der Waals surface area contributed by atoms with Gasteiger partial charge in [-0.2, -0.15) is 5.26 Å². The minimum atomic E-state index is -3.50. The lowest BCUT2D eigenvalue weighted by Gasteiger charge is -2.15. The third-order valence-electron chi connectivity index (χ3n) is 3.32. The van der Waals surface area contributed by atoms with Crippen molar-refractivity contribution in [3.63, 3.8) is 0 Å². The number of aryl methyl sites for hydroxylation is 1. The van der Waals surface area contributed by atoms with Crippen LogP contribution in [0.3, 0.4) is 0 Å². The summed E-state index contributed by atoms with van der Waals surface area (Å²) in [6, 6.07) is 8.64. The van der Waals surface area contributed by atoms with Crippen LogP contribution in [0.2, 0.25) is 0 Å². The number of nitrogens with zero attached hydrogens (tertiary/aromatic N) is 1. The van der Waals surface area contributed by atoms with E-state index in [-0.39, 0.29) is 16.9 Å². The molecule has 1 N–H and O–H groups in total. The Hall–Kier alpha value is -1.38. The largest absolute Gasteiger partial charge is 0.240 e. The van der Waals surface area contributed by atoms with Crippen molar-refractivity contribution in [2.24, 2.45) is 5.92 Å². The molecule has 0 radical (unpaired) electrons. The molecule has 5 heteroatoms. The molecule has 0 amide bonds. The Labute approximate surface area is 108 Å². The highest BCUT2D eigenvalue weighted by Gasteiger charge is 2.31. The molecular weight excluding hydrogens is 248 g/mol. The Bertz CT molecular complexity index is 558. The average molecular weight is 264 g/mol. The summed E-state index contributed by atoms with van der Waals surface area (Å²) in [7, 11) is -3.50. The summed E-state index contributed by atoms with van der Waals surface area (Å²) >= 11 is 0. The van der Waals surface area contributed by atoms with E-state index in [2.05, 4.69) is 10.8 Å². The maximum absolute atomic E-state index is 12.1. The van der Waals surface area contributed by atoms with Gasteiger partial charge in [-0.25, -0.2) is 13.1 Å². The monoisotopic (exact) mass is 264 g/mol. The Morgan fingerprint density at radius 1 is 1.28 bits per heavy atom. The zero-order valence-corrected chi connectivity index (χ0v) is 11.1. The number of rotatable bonds is 3. The quantitative estimate of drug-likeness (QED) is 0.907. The van der Waals surface area contributed by atoms with Crippen LogP contribution >= 0.6 is 0 Å². The van der Waals surface area contributed by atoms with Gasteiger partial charge in [0.15, 0.2) is 0 Å². The molecule has 0 heterocycles. The van der Waals surface area contributed by atoms with Gasteiger partial charge in [0.25, 0.3) is 0 Å². The van der Waals surface area contributed by atoms with Crippen molar-refractivity contribution in [3.05, 3.63) is 29.8 Å². The highest BCUT2D eigenvalue weighted by molar-refractivity contribution is 7.89. The number of hydrogen-bond acceptors (Lipinski definition) is 3. The van der Waals surface area contributed by atoms with E-state index in [4.69, 9.17) is 5.26 Å². The molecule has 4 nitrogen and oxygen atoms in total. The Balaban J connectivity index is 2.17. The molecule has 1 aromatic carbocycles. The summed E-state index contributed by atoms with van der Waals surface area (Å²) in [4.78, 5) is 0.261. The summed E-state index contributed by atoms with van der Waals surface area (Å²) in [5.41, 5.74) is 1.02. The molecule has 1 aromatic rings. The first-order valence-corrected chi connectivity index (χ1v) is 7.50. The molecule has 1 saturated carbocycles. The molecule has 0 saturated heterocycles. The number of hydrogen-bond donors (Lipinski definition) is 1. The predicted molar refractivity (Wildman–Crippen MR) is 68.2 cm³/mol. The van der Waals surface area contributed by atoms with Crippen LogP contribution in [-0.4, -0.2) is 14.5 Å². The molecule has 96 valence electrons. The molecule has 2 atom stereocenters. The molecule has 0 spiro atoms. The average Bonchev–Trinajstić information content (AvgIpc) is 2.76. The predicted octanol–water partition coefficient (Wildman–Crippen LogP) is 1.97. The van der Waals surface area contributed by atoms with Crippen molar-refractivity contribution < 1.29 is 8.42 Å². The maximum Gasteiger partial charge on any atom is 0.240 e. The number of sulfonamides is 1. The first-order valence-electron chi connectivity index (χ1n) is 6.01. The van der Waals surface area contributed by atoms with Gasteiger partial charge in [0.2, 0.25) is 10.0 Å². The van der Waals surface area contributed by atoms with Crippen LogP contribution in [0.4, 0.5) is 0 Å². The summed E-state index contributed by atoms with van der Waals surface area (Å²) in [5.74, 6) is -0.203. The highest BCUT2D eigenvalue weighted by Crippen LogP contribution is 2.26. The van der Waals surface area contributed by atoms with Gasteiger partial charge in [-0.15, -0.1) is 0 Å². The van der Waals surface area contributed by atoms with Crippen molar-refractivity contribution in [1.82, 2.24) is 4.72 Å². The molecule has 1 aliphatic carbocycles. The Morgan fingerprint density at radius 2 is 1.94 bits per heavy atom. The third-order valence-corrected chi connectivity index (χ3v) is 4.83. The first-order chi connectivity index (χ1) is 8.53. The minimum absolute atomic E-state index is 0.203. The van der Waals surface area contributed by atoms with Crippen molar-refractivity contribution in [1.29, 1.82) is 5.26 Å². The molecule has 0 aromatic heterocycles. The molecule has 0 aliphatic heterocycles. The fourth-order valence-electron chi connectivity index (χ4n) is 2.24. The highest BCUT2D eigenvalue weighted by atomic mass is 32.2. The standard InChI is InChI=1S/C13H16N2O2S/c1-10-5-7-12(8-6-10)18(16,17)15-13-4-2-3-11(13)9-14/h5-8,11,13,15H,2-4H2,1H3/t11-,13-/m1/s1. The van der Waals surface area contributed by atoms with Gasteiger partial charge in [-0.3, -0.25) is 0 Å². The summed E-state index contributed by atoms with van der Waals surface area (Å²) < 4.78 is 26.9. The van der Waals surface area contributed by atoms with E-state index in [1.165, 1.54) is 0 Å². The summed E-state index contributed by atoms with van der Waals surface area (Å²) in [5, 5.41) is 8.96. The summed E-state index contributed by atoms with van der Waals surface area (Å²) in [6.07, 6.45) is 2.42. The summed E-state index contributed by atoms with van der Waals surface area (Å²) in [6.45, 7) is 1.91. The normalized spacial score (nSPS) is 23.8. The number of nitriles is 1. The molecule has 1 fully saturated rings. The molecule has 0 bridgehead atoms. The first kappa shape index (κ1) is 13.1. The van der Waals surface area contributed by atoms with Crippen LogP contribution in [0.15, 0.2) is 29.2 Å². The minimum Gasteiger partial charge on any atom is -0.207 e. The van der Waals surface area contributed by atoms with Crippen LogP contribution in [0.1, 0.15) is 24.8 Å². The van der Waals surface area contributed by atoms with Gasteiger partial charge < -0.3 is 0 Å². The fourth-order valence-corrected chi connectivity index (χ4v) is 3.55. The zero-order valence-electron chi connectivity index (χ0n) is 10.3. The number of nitrogens with one attached hydrogen (secondary N) is 1. The second-order valence-corrected chi connectivity index (χ2v) is 6.42. The lowest BCUT2D eigenvalue weighted by molar-refractivity contribution is 0.515. The van der Waals surface area contributed by atoms with Crippen molar-refractivity contribution in [3.8, 4) is 6.07 Å². The van der Waals surface area contributed by atoms with E-state index < -0.39 is 10.0 Å². The zero-order chi connectivity index (χ0) is 13.2. The van der Waals surface area contributed by atoms with Crippen molar-refractivity contribution in [2.45, 2.75) is 37.1 Å². The van der Waals surface area contributed by atoms with Crippen LogP contribution in [-0.2, 0) is 10.0 Å². The third kappa shape index (κ3) is 2.71. The van der Waals surface area contributed by atoms with E-state index in [9.17, 15) is 8.42 Å². The van der Waals surface area contributed by atoms with Crippen LogP contribution in [0, 0.1) is 24.2 Å². The van der Waals surface area contributed by atoms with Crippen molar-refractivity contribution in [2.75, 3.05) is 0 Å². The molecular formula is C13H16N2O2S. The van der Waals surface area contributed by atoms with E-state index in [0.717, 1.165) is 24.8 Å². The number of benzene rings is 1. The van der Waals surface area contributed by atoms with Crippen LogP contribution < -0.4 is 4.72 Å². The molecule has 18 heavy (non-hydrogen) atoms. The van der Waals surface area contributed by atoms with Gasteiger partial charge in [-0.1, -0.05) is 24.1 Å². The molecule has 2 rings (SSSR count). The van der Waals surface area contributed by atoms with E-state index >= 15 is 0 Å². The Kier molecular flexibility index (Phi) is 3.69. The topological polar surface area (TPSA) is 70.0 Å². The maximum atomic E-state index is 12.1. The van der Waals surface area contributed by atoms with E-state index in [0.29, 0.717) is 0 Å². The van der Waals surface area contributed by atoms with Gasteiger partial charge >= 0.3 is 0 Å². The van der Waals surface area contributed by atoms with E-state index in [1.807, 2.05) is 6.92 Å². The second kappa shape index (κ2) is 5.09. The smallest absolute Gasteiger partial charge is 0.207 e. The molecule has 0 unspecified atom stereocenters. The second-order valence-electron chi connectivity index (χ2n) is 4.71. The van der Waals surface area contributed by atoms with Gasteiger partial charge in [0, 0.05) is 6.04 Å². The fraction of sp³-hybridized carbons (Fsp3) is 0.462. The molecule has 1 aliphatic rings.